The van der Waals surface area contributed by atoms with Crippen LogP contribution in [0.25, 0.3) is 5.69 Å². The van der Waals surface area contributed by atoms with Crippen molar-refractivity contribution >= 4 is 35.0 Å². The number of hydrogen-bond acceptors (Lipinski definition) is 6. The van der Waals surface area contributed by atoms with Gasteiger partial charge in [0.15, 0.2) is 5.16 Å². The van der Waals surface area contributed by atoms with Gasteiger partial charge in [0, 0.05) is 49.3 Å². The lowest BCUT2D eigenvalue weighted by atomic mass is 10.2. The standard InChI is InChI=1S/C25H26N6O3S/c1-17(32)26-18-6-8-19(9-7-18)27-24(33)16-35-25-29-28-23(15-21-5-4-14-30(21)2)31(25)20-10-12-22(34-3)13-11-20/h4-14H,15-16H2,1-3H3,(H,26,32)(H,27,33). The Balaban J connectivity index is 1.49. The number of ether oxygens (including phenoxy) is 1. The summed E-state index contributed by atoms with van der Waals surface area (Å²) >= 11 is 1.31. The van der Waals surface area contributed by atoms with Gasteiger partial charge in [0.1, 0.15) is 11.6 Å². The van der Waals surface area contributed by atoms with E-state index in [1.54, 1.807) is 31.4 Å². The Labute approximate surface area is 207 Å². The fraction of sp³-hybridized carbons (Fsp3) is 0.200. The maximum absolute atomic E-state index is 12.6. The first-order valence-electron chi connectivity index (χ1n) is 10.9. The highest BCUT2D eigenvalue weighted by molar-refractivity contribution is 7.99. The average molecular weight is 491 g/mol. The molecule has 2 N–H and O–H groups in total. The Morgan fingerprint density at radius 2 is 1.66 bits per heavy atom. The second-order valence-corrected chi connectivity index (χ2v) is 8.76. The number of nitrogens with one attached hydrogen (secondary N) is 2. The first-order valence-corrected chi connectivity index (χ1v) is 11.9. The second kappa shape index (κ2) is 10.9. The molecule has 0 bridgehead atoms. The summed E-state index contributed by atoms with van der Waals surface area (Å²) in [5, 5.41) is 15.0. The van der Waals surface area contributed by atoms with Crippen molar-refractivity contribution in [2.75, 3.05) is 23.5 Å². The van der Waals surface area contributed by atoms with Crippen LogP contribution >= 0.6 is 11.8 Å². The second-order valence-electron chi connectivity index (χ2n) is 7.81. The van der Waals surface area contributed by atoms with E-state index in [0.717, 1.165) is 23.0 Å². The molecule has 0 atom stereocenters. The summed E-state index contributed by atoms with van der Waals surface area (Å²) in [6.07, 6.45) is 2.59. The maximum atomic E-state index is 12.6. The number of rotatable bonds is 9. The molecule has 2 amide bonds. The van der Waals surface area contributed by atoms with Crippen molar-refractivity contribution in [1.29, 1.82) is 0 Å². The summed E-state index contributed by atoms with van der Waals surface area (Å²) in [6, 6.07) is 18.6. The van der Waals surface area contributed by atoms with Crippen molar-refractivity contribution in [3.63, 3.8) is 0 Å². The molecular formula is C25H26N6O3S. The van der Waals surface area contributed by atoms with Gasteiger partial charge in [0.05, 0.1) is 12.9 Å². The molecule has 35 heavy (non-hydrogen) atoms. The van der Waals surface area contributed by atoms with Crippen LogP contribution in [0.2, 0.25) is 0 Å². The Bertz CT molecular complexity index is 1310. The molecule has 9 nitrogen and oxygen atoms in total. The topological polar surface area (TPSA) is 103 Å². The molecular weight excluding hydrogens is 464 g/mol. The lowest BCUT2D eigenvalue weighted by molar-refractivity contribution is -0.114. The lowest BCUT2D eigenvalue weighted by Gasteiger charge is -2.12. The Hall–Kier alpha value is -4.05. The van der Waals surface area contributed by atoms with E-state index in [4.69, 9.17) is 4.74 Å². The van der Waals surface area contributed by atoms with E-state index in [2.05, 4.69) is 20.8 Å². The van der Waals surface area contributed by atoms with Crippen LogP contribution in [-0.4, -0.2) is 44.0 Å². The van der Waals surface area contributed by atoms with Gasteiger partial charge in [-0.05, 0) is 60.7 Å². The summed E-state index contributed by atoms with van der Waals surface area (Å²) in [6.45, 7) is 1.45. The number of thioether (sulfide) groups is 1. The Morgan fingerprint density at radius 3 is 2.26 bits per heavy atom. The van der Waals surface area contributed by atoms with Gasteiger partial charge in [0.25, 0.3) is 0 Å². The lowest BCUT2D eigenvalue weighted by Crippen LogP contribution is -2.15. The van der Waals surface area contributed by atoms with Crippen molar-refractivity contribution in [3.8, 4) is 11.4 Å². The number of nitrogens with zero attached hydrogens (tertiary/aromatic N) is 4. The first-order chi connectivity index (χ1) is 16.9. The maximum Gasteiger partial charge on any atom is 0.234 e. The fourth-order valence-electron chi connectivity index (χ4n) is 3.51. The molecule has 0 saturated carbocycles. The molecule has 4 aromatic rings. The molecule has 2 aromatic heterocycles. The van der Waals surface area contributed by atoms with E-state index in [1.807, 2.05) is 58.8 Å². The highest BCUT2D eigenvalue weighted by atomic mass is 32.2. The number of hydrogen-bond donors (Lipinski definition) is 2. The largest absolute Gasteiger partial charge is 0.497 e. The minimum absolute atomic E-state index is 0.148. The van der Waals surface area contributed by atoms with Gasteiger partial charge < -0.3 is 19.9 Å². The summed E-state index contributed by atoms with van der Waals surface area (Å²) in [5.41, 5.74) is 3.30. The zero-order chi connectivity index (χ0) is 24.8. The smallest absolute Gasteiger partial charge is 0.234 e. The Kier molecular flexibility index (Phi) is 7.51. The zero-order valence-electron chi connectivity index (χ0n) is 19.7. The van der Waals surface area contributed by atoms with Gasteiger partial charge in [-0.1, -0.05) is 11.8 Å². The van der Waals surface area contributed by atoms with E-state index in [9.17, 15) is 9.59 Å². The van der Waals surface area contributed by atoms with Gasteiger partial charge in [-0.25, -0.2) is 0 Å². The third kappa shape index (κ3) is 6.10. The van der Waals surface area contributed by atoms with Crippen LogP contribution in [0.15, 0.2) is 72.0 Å². The quantitative estimate of drug-likeness (QED) is 0.345. The number of aromatic nitrogens is 4. The van der Waals surface area contributed by atoms with Crippen molar-refractivity contribution in [3.05, 3.63) is 78.4 Å². The van der Waals surface area contributed by atoms with E-state index >= 15 is 0 Å². The van der Waals surface area contributed by atoms with Crippen LogP contribution in [0.4, 0.5) is 11.4 Å². The van der Waals surface area contributed by atoms with Crippen molar-refractivity contribution in [1.82, 2.24) is 19.3 Å². The van der Waals surface area contributed by atoms with Crippen LogP contribution < -0.4 is 15.4 Å². The minimum atomic E-state index is -0.171. The van der Waals surface area contributed by atoms with Crippen molar-refractivity contribution in [2.24, 2.45) is 7.05 Å². The highest BCUT2D eigenvalue weighted by Gasteiger charge is 2.17. The Morgan fingerprint density at radius 1 is 0.971 bits per heavy atom. The first kappa shape index (κ1) is 24.1. The molecule has 4 rings (SSSR count). The molecule has 0 radical (unpaired) electrons. The van der Waals surface area contributed by atoms with Gasteiger partial charge >= 0.3 is 0 Å². The number of anilines is 2. The number of amides is 2. The molecule has 0 aliphatic rings. The summed E-state index contributed by atoms with van der Waals surface area (Å²) in [5.74, 6) is 1.37. The average Bonchev–Trinajstić information content (AvgIpc) is 3.44. The van der Waals surface area contributed by atoms with Crippen LogP contribution in [0.3, 0.4) is 0 Å². The van der Waals surface area contributed by atoms with Crippen molar-refractivity contribution in [2.45, 2.75) is 18.5 Å². The van der Waals surface area contributed by atoms with Gasteiger partial charge in [0.2, 0.25) is 11.8 Å². The van der Waals surface area contributed by atoms with Crippen LogP contribution in [0.1, 0.15) is 18.4 Å². The number of aryl methyl sites for hydroxylation is 1. The van der Waals surface area contributed by atoms with E-state index < -0.39 is 0 Å². The number of benzene rings is 2. The highest BCUT2D eigenvalue weighted by Crippen LogP contribution is 2.25. The van der Waals surface area contributed by atoms with Gasteiger partial charge in [-0.3, -0.25) is 14.2 Å². The third-order valence-corrected chi connectivity index (χ3v) is 6.17. The predicted octanol–water partition coefficient (Wildman–Crippen LogP) is 3.89. The molecule has 0 aliphatic heterocycles. The molecule has 0 unspecified atom stereocenters. The van der Waals surface area contributed by atoms with E-state index in [-0.39, 0.29) is 17.6 Å². The SMILES string of the molecule is COc1ccc(-n2c(Cc3cccn3C)nnc2SCC(=O)Nc2ccc(NC(C)=O)cc2)cc1. The normalized spacial score (nSPS) is 10.7. The molecule has 10 heteroatoms. The molecule has 180 valence electrons. The van der Waals surface area contributed by atoms with E-state index in [0.29, 0.717) is 23.0 Å². The molecule has 2 aromatic carbocycles. The summed E-state index contributed by atoms with van der Waals surface area (Å²) in [4.78, 5) is 23.8. The monoisotopic (exact) mass is 490 g/mol. The molecule has 0 fully saturated rings. The zero-order valence-corrected chi connectivity index (χ0v) is 20.5. The molecule has 0 saturated heterocycles. The fourth-order valence-corrected chi connectivity index (χ4v) is 4.28. The molecule has 0 spiro atoms. The predicted molar refractivity (Wildman–Crippen MR) is 136 cm³/mol. The number of carbonyl (C=O) groups is 2. The summed E-state index contributed by atoms with van der Waals surface area (Å²) < 4.78 is 9.30. The van der Waals surface area contributed by atoms with Crippen LogP contribution in [0, 0.1) is 0 Å². The minimum Gasteiger partial charge on any atom is -0.497 e. The van der Waals surface area contributed by atoms with Crippen molar-refractivity contribution < 1.29 is 14.3 Å². The number of carbonyl (C=O) groups excluding carboxylic acids is 2. The number of methoxy groups -OCH3 is 1. The van der Waals surface area contributed by atoms with Gasteiger partial charge in [-0.15, -0.1) is 10.2 Å². The summed E-state index contributed by atoms with van der Waals surface area (Å²) in [7, 11) is 3.62. The van der Waals surface area contributed by atoms with Crippen LogP contribution in [0.5, 0.6) is 5.75 Å². The third-order valence-electron chi connectivity index (χ3n) is 5.24. The van der Waals surface area contributed by atoms with E-state index in [1.165, 1.54) is 18.7 Å². The van der Waals surface area contributed by atoms with Gasteiger partial charge in [-0.2, -0.15) is 0 Å². The van der Waals surface area contributed by atoms with Crippen LogP contribution in [-0.2, 0) is 23.1 Å². The molecule has 2 heterocycles. The molecule has 0 aliphatic carbocycles.